The number of aryl methyl sites for hydroxylation is 1. The van der Waals surface area contributed by atoms with E-state index in [2.05, 4.69) is 34.3 Å². The monoisotopic (exact) mass is 211 g/mol. The molecule has 0 aliphatic heterocycles. The maximum Gasteiger partial charge on any atom is 0.223 e. The van der Waals surface area contributed by atoms with Gasteiger partial charge in [0.2, 0.25) is 5.89 Å². The van der Waals surface area contributed by atoms with E-state index in [9.17, 15) is 0 Å². The summed E-state index contributed by atoms with van der Waals surface area (Å²) in [4.78, 5) is 8.09. The fourth-order valence-corrected chi connectivity index (χ4v) is 0.926. The first-order valence-electron chi connectivity index (χ1n) is 4.91. The lowest BCUT2D eigenvalue weighted by Gasteiger charge is -2.06. The normalized spacial score (nSPS) is 12.1. The van der Waals surface area contributed by atoms with E-state index >= 15 is 0 Å². The summed E-state index contributed by atoms with van der Waals surface area (Å²) in [6, 6.07) is 0. The van der Waals surface area contributed by atoms with Crippen LogP contribution in [0, 0.1) is 12.8 Å². The number of aromatic nitrogens is 2. The zero-order valence-corrected chi connectivity index (χ0v) is 9.32. The molecule has 0 aliphatic rings. The largest absolute Gasteiger partial charge is 0.370 e. The molecule has 1 aromatic rings. The molecule has 0 unspecified atom stereocenters. The van der Waals surface area contributed by atoms with Crippen molar-refractivity contribution in [2.45, 2.75) is 27.3 Å². The van der Waals surface area contributed by atoms with Crippen LogP contribution in [-0.2, 0) is 6.54 Å². The lowest BCUT2D eigenvalue weighted by atomic mass is 10.2. The number of nitrogens with two attached hydrogens (primary N) is 1. The Kier molecular flexibility index (Phi) is 4.08. The highest BCUT2D eigenvalue weighted by Crippen LogP contribution is 1.96. The van der Waals surface area contributed by atoms with Gasteiger partial charge in [-0.25, -0.2) is 4.99 Å². The third-order valence-corrected chi connectivity index (χ3v) is 1.65. The molecular weight excluding hydrogens is 194 g/mol. The van der Waals surface area contributed by atoms with Crippen LogP contribution in [0.5, 0.6) is 0 Å². The van der Waals surface area contributed by atoms with Crippen LogP contribution in [-0.4, -0.2) is 22.6 Å². The van der Waals surface area contributed by atoms with Crippen molar-refractivity contribution < 1.29 is 4.52 Å². The summed E-state index contributed by atoms with van der Waals surface area (Å²) < 4.78 is 4.80. The molecule has 0 amide bonds. The van der Waals surface area contributed by atoms with E-state index in [4.69, 9.17) is 10.3 Å². The maximum atomic E-state index is 5.63. The van der Waals surface area contributed by atoms with Gasteiger partial charge in [-0.2, -0.15) is 4.98 Å². The second kappa shape index (κ2) is 5.33. The van der Waals surface area contributed by atoms with Gasteiger partial charge in [0.15, 0.2) is 11.8 Å². The van der Waals surface area contributed by atoms with Crippen LogP contribution < -0.4 is 11.1 Å². The SMILES string of the molecule is Cc1nc(CN=C(N)NCC(C)C)no1. The number of guanidine groups is 1. The highest BCUT2D eigenvalue weighted by Gasteiger charge is 2.01. The zero-order chi connectivity index (χ0) is 11.3. The molecule has 1 heterocycles. The molecule has 0 aliphatic carbocycles. The van der Waals surface area contributed by atoms with Crippen molar-refractivity contribution in [3.63, 3.8) is 0 Å². The Balaban J connectivity index is 2.36. The summed E-state index contributed by atoms with van der Waals surface area (Å²) in [5.41, 5.74) is 5.63. The van der Waals surface area contributed by atoms with Gasteiger partial charge in [0.1, 0.15) is 6.54 Å². The second-order valence-corrected chi connectivity index (χ2v) is 3.71. The van der Waals surface area contributed by atoms with Crippen LogP contribution in [0.25, 0.3) is 0 Å². The average Bonchev–Trinajstić information content (AvgIpc) is 2.58. The van der Waals surface area contributed by atoms with E-state index in [0.29, 0.717) is 30.1 Å². The van der Waals surface area contributed by atoms with Crippen molar-refractivity contribution in [3.05, 3.63) is 11.7 Å². The van der Waals surface area contributed by atoms with Gasteiger partial charge in [0.25, 0.3) is 0 Å². The van der Waals surface area contributed by atoms with Crippen molar-refractivity contribution >= 4 is 5.96 Å². The summed E-state index contributed by atoms with van der Waals surface area (Å²) in [6.45, 7) is 7.08. The van der Waals surface area contributed by atoms with Gasteiger partial charge < -0.3 is 15.6 Å². The number of hydrogen-bond donors (Lipinski definition) is 2. The Morgan fingerprint density at radius 2 is 2.33 bits per heavy atom. The first-order chi connectivity index (χ1) is 7.08. The van der Waals surface area contributed by atoms with Gasteiger partial charge in [-0.15, -0.1) is 0 Å². The van der Waals surface area contributed by atoms with Gasteiger partial charge in [0.05, 0.1) is 0 Å². The smallest absolute Gasteiger partial charge is 0.223 e. The maximum absolute atomic E-state index is 5.63. The van der Waals surface area contributed by atoms with E-state index in [0.717, 1.165) is 6.54 Å². The highest BCUT2D eigenvalue weighted by atomic mass is 16.5. The summed E-state index contributed by atoms with van der Waals surface area (Å²) in [5, 5.41) is 6.71. The van der Waals surface area contributed by atoms with Crippen LogP contribution in [0.4, 0.5) is 0 Å². The summed E-state index contributed by atoms with van der Waals surface area (Å²) in [5.74, 6) is 2.02. The van der Waals surface area contributed by atoms with Gasteiger partial charge in [-0.3, -0.25) is 0 Å². The van der Waals surface area contributed by atoms with E-state index in [1.54, 1.807) is 6.92 Å². The second-order valence-electron chi connectivity index (χ2n) is 3.71. The van der Waals surface area contributed by atoms with E-state index in [1.165, 1.54) is 0 Å². The molecule has 0 fully saturated rings. The summed E-state index contributed by atoms with van der Waals surface area (Å²) in [7, 11) is 0. The molecule has 0 saturated carbocycles. The zero-order valence-electron chi connectivity index (χ0n) is 9.32. The molecule has 84 valence electrons. The number of hydrogen-bond acceptors (Lipinski definition) is 4. The topological polar surface area (TPSA) is 89.3 Å². The molecule has 3 N–H and O–H groups in total. The van der Waals surface area contributed by atoms with Crippen molar-refractivity contribution in [3.8, 4) is 0 Å². The molecule has 0 aromatic carbocycles. The predicted molar refractivity (Wildman–Crippen MR) is 57.2 cm³/mol. The molecule has 6 heteroatoms. The first kappa shape index (κ1) is 11.5. The number of nitrogens with one attached hydrogen (secondary N) is 1. The minimum Gasteiger partial charge on any atom is -0.370 e. The third kappa shape index (κ3) is 4.44. The molecule has 15 heavy (non-hydrogen) atoms. The molecule has 0 bridgehead atoms. The lowest BCUT2D eigenvalue weighted by Crippen LogP contribution is -2.34. The fourth-order valence-electron chi connectivity index (χ4n) is 0.926. The molecule has 1 aromatic heterocycles. The minimum absolute atomic E-state index is 0.342. The van der Waals surface area contributed by atoms with Crippen LogP contribution in [0.1, 0.15) is 25.6 Å². The van der Waals surface area contributed by atoms with Crippen LogP contribution in [0.2, 0.25) is 0 Å². The molecule has 0 saturated heterocycles. The van der Waals surface area contributed by atoms with Crippen LogP contribution in [0.15, 0.2) is 9.52 Å². The highest BCUT2D eigenvalue weighted by molar-refractivity contribution is 5.77. The summed E-state index contributed by atoms with van der Waals surface area (Å²) >= 11 is 0. The Labute approximate surface area is 89.0 Å². The molecule has 1 rings (SSSR count). The summed E-state index contributed by atoms with van der Waals surface area (Å²) in [6.07, 6.45) is 0. The predicted octanol–water partition coefficient (Wildman–Crippen LogP) is 0.438. The fraction of sp³-hybridized carbons (Fsp3) is 0.667. The van der Waals surface area contributed by atoms with Crippen molar-refractivity contribution in [2.75, 3.05) is 6.54 Å². The Bertz CT molecular complexity index is 331. The molecular formula is C9H17N5O. The minimum atomic E-state index is 0.342. The van der Waals surface area contributed by atoms with Crippen molar-refractivity contribution in [1.29, 1.82) is 0 Å². The van der Waals surface area contributed by atoms with Gasteiger partial charge >= 0.3 is 0 Å². The molecule has 0 atom stereocenters. The molecule has 0 spiro atoms. The first-order valence-corrected chi connectivity index (χ1v) is 4.91. The molecule has 0 radical (unpaired) electrons. The number of aliphatic imine (C=N–C) groups is 1. The number of rotatable bonds is 4. The van der Waals surface area contributed by atoms with Crippen molar-refractivity contribution in [2.24, 2.45) is 16.6 Å². The lowest BCUT2D eigenvalue weighted by molar-refractivity contribution is 0.387. The molecule has 6 nitrogen and oxygen atoms in total. The Morgan fingerprint density at radius 1 is 1.60 bits per heavy atom. The van der Waals surface area contributed by atoms with Crippen LogP contribution in [0.3, 0.4) is 0 Å². The van der Waals surface area contributed by atoms with Gasteiger partial charge in [0, 0.05) is 13.5 Å². The van der Waals surface area contributed by atoms with Gasteiger partial charge in [-0.05, 0) is 5.92 Å². The average molecular weight is 211 g/mol. The van der Waals surface area contributed by atoms with E-state index in [1.807, 2.05) is 0 Å². The van der Waals surface area contributed by atoms with Gasteiger partial charge in [-0.1, -0.05) is 19.0 Å². The Hall–Kier alpha value is -1.59. The third-order valence-electron chi connectivity index (χ3n) is 1.65. The quantitative estimate of drug-likeness (QED) is 0.557. The Morgan fingerprint density at radius 3 is 2.87 bits per heavy atom. The van der Waals surface area contributed by atoms with E-state index < -0.39 is 0 Å². The number of nitrogens with zero attached hydrogens (tertiary/aromatic N) is 3. The standard InChI is InChI=1S/C9H17N5O/c1-6(2)4-11-9(10)12-5-8-13-7(3)15-14-8/h6H,4-5H2,1-3H3,(H3,10,11,12). The van der Waals surface area contributed by atoms with Crippen LogP contribution >= 0.6 is 0 Å². The van der Waals surface area contributed by atoms with E-state index in [-0.39, 0.29) is 0 Å². The van der Waals surface area contributed by atoms with Crippen molar-refractivity contribution in [1.82, 2.24) is 15.5 Å².